The molecule has 3 aliphatic carbocycles. The molecule has 45 heavy (non-hydrogen) atoms. The smallest absolute Gasteiger partial charge is 0.337 e. The molecule has 0 aromatic heterocycles. The molecule has 0 bridgehead atoms. The minimum absolute atomic E-state index is 0.148. The molecule has 1 heterocycles. The van der Waals surface area contributed by atoms with Crippen LogP contribution >= 0.6 is 11.6 Å². The first-order valence-electron chi connectivity index (χ1n) is 17.1. The van der Waals surface area contributed by atoms with Crippen LogP contribution in [-0.4, -0.2) is 47.2 Å². The number of ether oxygens (including phenoxy) is 2. The third-order valence-corrected chi connectivity index (χ3v) is 16.5. The van der Waals surface area contributed by atoms with E-state index < -0.39 is 8.32 Å². The van der Waals surface area contributed by atoms with Crippen molar-refractivity contribution in [3.05, 3.63) is 70.3 Å². The first kappa shape index (κ1) is 32.6. The van der Waals surface area contributed by atoms with Gasteiger partial charge in [0, 0.05) is 29.4 Å². The lowest BCUT2D eigenvalue weighted by Crippen LogP contribution is -2.54. The highest BCUT2D eigenvalue weighted by molar-refractivity contribution is 6.74. The predicted molar refractivity (Wildman–Crippen MR) is 186 cm³/mol. The number of fused-ring (bicyclic) bond motifs is 3. The van der Waals surface area contributed by atoms with E-state index in [1.165, 1.54) is 50.3 Å². The fourth-order valence-electron chi connectivity index (χ4n) is 8.02. The van der Waals surface area contributed by atoms with Crippen LogP contribution < -0.4 is 9.64 Å². The SMILES string of the molecule is COC(=O)c1ccc2c(c1)N(C[C@@H]1CC[C@H]1[C@@H](O[Si](C)(C)C(C)(C)C)[C@H]1C=CCCC1)CC1(CCCc3cc(Cl)ccc31)CO2. The van der Waals surface area contributed by atoms with Gasteiger partial charge in [-0.25, -0.2) is 4.79 Å². The van der Waals surface area contributed by atoms with Crippen molar-refractivity contribution >= 4 is 31.6 Å². The summed E-state index contributed by atoms with van der Waals surface area (Å²) in [5.74, 6) is 2.03. The normalized spacial score (nSPS) is 27.1. The number of carbonyl (C=O) groups is 1. The zero-order valence-electron chi connectivity index (χ0n) is 28.2. The Kier molecular flexibility index (Phi) is 9.23. The van der Waals surface area contributed by atoms with Crippen molar-refractivity contribution in [2.45, 2.75) is 102 Å². The number of methoxy groups -OCH3 is 1. The van der Waals surface area contributed by atoms with E-state index in [1.807, 2.05) is 24.3 Å². The Morgan fingerprint density at radius 1 is 1.13 bits per heavy atom. The molecule has 0 N–H and O–H groups in total. The monoisotopic (exact) mass is 649 g/mol. The highest BCUT2D eigenvalue weighted by Crippen LogP contribution is 2.49. The summed E-state index contributed by atoms with van der Waals surface area (Å²) in [7, 11) is -0.528. The molecule has 1 fully saturated rings. The summed E-state index contributed by atoms with van der Waals surface area (Å²) in [4.78, 5) is 15.2. The minimum Gasteiger partial charge on any atom is -0.490 e. The number of hydrogen-bond donors (Lipinski definition) is 0. The Morgan fingerprint density at radius 3 is 2.64 bits per heavy atom. The first-order valence-corrected chi connectivity index (χ1v) is 20.4. The molecule has 6 rings (SSSR count). The molecule has 1 aliphatic heterocycles. The molecule has 0 amide bonds. The summed E-state index contributed by atoms with van der Waals surface area (Å²) in [6.45, 7) is 14.3. The third kappa shape index (κ3) is 6.49. The lowest BCUT2D eigenvalue weighted by atomic mass is 9.66. The lowest BCUT2D eigenvalue weighted by Gasteiger charge is -2.51. The minimum atomic E-state index is -1.97. The van der Waals surface area contributed by atoms with Crippen molar-refractivity contribution in [1.82, 2.24) is 0 Å². The van der Waals surface area contributed by atoms with Crippen LogP contribution in [0.15, 0.2) is 48.6 Å². The summed E-state index contributed by atoms with van der Waals surface area (Å²) < 4.78 is 19.2. The summed E-state index contributed by atoms with van der Waals surface area (Å²) in [6.07, 6.45) is 14.4. The van der Waals surface area contributed by atoms with Crippen LogP contribution in [0, 0.1) is 17.8 Å². The number of anilines is 1. The summed E-state index contributed by atoms with van der Waals surface area (Å²) in [5.41, 5.74) is 4.12. The molecular formula is C38H52ClNO4Si. The van der Waals surface area contributed by atoms with Crippen molar-refractivity contribution in [3.8, 4) is 5.75 Å². The molecule has 1 spiro atoms. The van der Waals surface area contributed by atoms with E-state index in [2.05, 4.69) is 63.0 Å². The molecule has 2 aromatic rings. The number of esters is 1. The molecule has 5 nitrogen and oxygen atoms in total. The van der Waals surface area contributed by atoms with Gasteiger partial charge in [-0.2, -0.15) is 0 Å². The maximum atomic E-state index is 12.7. The third-order valence-electron chi connectivity index (χ3n) is 11.8. The largest absolute Gasteiger partial charge is 0.490 e. The number of carbonyl (C=O) groups excluding carboxylic acids is 1. The highest BCUT2D eigenvalue weighted by Gasteiger charge is 2.48. The Labute approximate surface area is 276 Å². The van der Waals surface area contributed by atoms with Gasteiger partial charge in [0.25, 0.3) is 0 Å². The zero-order chi connectivity index (χ0) is 32.0. The van der Waals surface area contributed by atoms with Crippen molar-refractivity contribution in [2.24, 2.45) is 17.8 Å². The first-order chi connectivity index (χ1) is 21.4. The molecule has 244 valence electrons. The van der Waals surface area contributed by atoms with E-state index >= 15 is 0 Å². The molecule has 7 heteroatoms. The summed E-state index contributed by atoms with van der Waals surface area (Å²) in [6, 6.07) is 12.2. The van der Waals surface area contributed by atoms with Crippen molar-refractivity contribution < 1.29 is 18.7 Å². The molecule has 1 saturated carbocycles. The van der Waals surface area contributed by atoms with Gasteiger partial charge in [0.15, 0.2) is 8.32 Å². The van der Waals surface area contributed by atoms with E-state index in [0.717, 1.165) is 48.8 Å². The fourth-order valence-corrected chi connectivity index (χ4v) is 9.60. The second kappa shape index (κ2) is 12.7. The van der Waals surface area contributed by atoms with Gasteiger partial charge in [-0.3, -0.25) is 0 Å². The van der Waals surface area contributed by atoms with E-state index in [9.17, 15) is 4.79 Å². The molecule has 4 aliphatic rings. The van der Waals surface area contributed by atoms with Crippen LogP contribution in [-0.2, 0) is 21.0 Å². The Bertz CT molecular complexity index is 1430. The molecule has 0 saturated heterocycles. The molecule has 0 radical (unpaired) electrons. The van der Waals surface area contributed by atoms with Gasteiger partial charge in [-0.05, 0) is 123 Å². The quantitative estimate of drug-likeness (QED) is 0.170. The number of benzene rings is 2. The van der Waals surface area contributed by atoms with E-state index in [0.29, 0.717) is 29.9 Å². The number of aryl methyl sites for hydroxylation is 1. The van der Waals surface area contributed by atoms with E-state index in [1.54, 1.807) is 0 Å². The van der Waals surface area contributed by atoms with Crippen molar-refractivity contribution in [1.29, 1.82) is 0 Å². The Balaban J connectivity index is 1.35. The number of rotatable bonds is 7. The zero-order valence-corrected chi connectivity index (χ0v) is 29.9. The van der Waals surface area contributed by atoms with Gasteiger partial charge in [-0.15, -0.1) is 0 Å². The fraction of sp³-hybridized carbons (Fsp3) is 0.605. The van der Waals surface area contributed by atoms with Gasteiger partial charge in [0.1, 0.15) is 5.75 Å². The van der Waals surface area contributed by atoms with Crippen LogP contribution in [0.2, 0.25) is 23.2 Å². The maximum absolute atomic E-state index is 12.7. The second-order valence-electron chi connectivity index (χ2n) is 15.6. The Hall–Kier alpha value is -2.28. The highest BCUT2D eigenvalue weighted by atomic mass is 35.5. The number of halogens is 1. The average molecular weight is 650 g/mol. The number of allylic oxidation sites excluding steroid dienone is 1. The van der Waals surface area contributed by atoms with Gasteiger partial charge in [0.05, 0.1) is 31.1 Å². The molecular weight excluding hydrogens is 598 g/mol. The van der Waals surface area contributed by atoms with Crippen LogP contribution in [0.3, 0.4) is 0 Å². The molecule has 5 atom stereocenters. The molecule has 2 aromatic carbocycles. The van der Waals surface area contributed by atoms with Crippen molar-refractivity contribution in [2.75, 3.05) is 31.7 Å². The lowest BCUT2D eigenvalue weighted by molar-refractivity contribution is -0.00454. The topological polar surface area (TPSA) is 48.0 Å². The van der Waals surface area contributed by atoms with Crippen molar-refractivity contribution in [3.63, 3.8) is 0 Å². The van der Waals surface area contributed by atoms with Gasteiger partial charge in [-0.1, -0.05) is 50.6 Å². The van der Waals surface area contributed by atoms with E-state index in [-0.39, 0.29) is 22.5 Å². The van der Waals surface area contributed by atoms with Crippen LogP contribution in [0.25, 0.3) is 0 Å². The van der Waals surface area contributed by atoms with Gasteiger partial charge >= 0.3 is 5.97 Å². The van der Waals surface area contributed by atoms with Gasteiger partial charge < -0.3 is 18.8 Å². The second-order valence-corrected chi connectivity index (χ2v) is 20.8. The van der Waals surface area contributed by atoms with E-state index in [4.69, 9.17) is 25.5 Å². The standard InChI is InChI=1S/C38H52ClNO4Si/c1-37(2,3)45(5,6)44-35(26-11-8-7-9-12-26)31-17-14-29(31)23-40-24-38(20-10-13-27-21-30(39)16-18-32(27)38)25-43-34-19-15-28(22-33(34)40)36(41)42-4/h8,11,15-16,18-19,21-22,26,29,31,35H,7,9-10,12-14,17,20,23-25H2,1-6H3/t26-,29-,31+,35-,38?/m0/s1. The van der Waals surface area contributed by atoms with Gasteiger partial charge in [0.2, 0.25) is 0 Å². The summed E-state index contributed by atoms with van der Waals surface area (Å²) >= 11 is 6.48. The van der Waals surface area contributed by atoms with Crippen LogP contribution in [0.5, 0.6) is 5.75 Å². The summed E-state index contributed by atoms with van der Waals surface area (Å²) in [5, 5.41) is 0.961. The number of hydrogen-bond acceptors (Lipinski definition) is 5. The maximum Gasteiger partial charge on any atom is 0.337 e. The average Bonchev–Trinajstić information content (AvgIpc) is 3.15. The molecule has 1 unspecified atom stereocenters. The van der Waals surface area contributed by atoms with Crippen LogP contribution in [0.1, 0.15) is 87.2 Å². The van der Waals surface area contributed by atoms with Crippen LogP contribution in [0.4, 0.5) is 5.69 Å². The predicted octanol–water partition coefficient (Wildman–Crippen LogP) is 9.37. The Morgan fingerprint density at radius 2 is 1.96 bits per heavy atom. The number of nitrogens with zero attached hydrogens (tertiary/aromatic N) is 1.